The highest BCUT2D eigenvalue weighted by Crippen LogP contribution is 2.30. The average Bonchev–Trinajstić information content (AvgIpc) is 3.26. The van der Waals surface area contributed by atoms with Gasteiger partial charge in [-0.3, -0.25) is 4.79 Å². The minimum absolute atomic E-state index is 0.165. The molecule has 3 aromatic rings. The summed E-state index contributed by atoms with van der Waals surface area (Å²) in [5.41, 5.74) is 2.75. The summed E-state index contributed by atoms with van der Waals surface area (Å²) in [6, 6.07) is 13.6. The fourth-order valence-corrected chi connectivity index (χ4v) is 4.33. The summed E-state index contributed by atoms with van der Waals surface area (Å²) in [7, 11) is 3.14. The number of hydrogen-bond donors (Lipinski definition) is 1. The molecule has 1 heterocycles. The smallest absolute Gasteiger partial charge is 0.234 e. The Morgan fingerprint density at radius 3 is 2.36 bits per heavy atom. The van der Waals surface area contributed by atoms with Gasteiger partial charge in [0, 0.05) is 37.0 Å². The van der Waals surface area contributed by atoms with Gasteiger partial charge in [-0.05, 0) is 57.2 Å². The lowest BCUT2D eigenvalue weighted by Gasteiger charge is -2.21. The summed E-state index contributed by atoms with van der Waals surface area (Å²) < 4.78 is 12.6. The second kappa shape index (κ2) is 11.6. The van der Waals surface area contributed by atoms with Crippen molar-refractivity contribution in [3.05, 3.63) is 42.5 Å². The van der Waals surface area contributed by atoms with Crippen LogP contribution in [0.4, 0.5) is 11.4 Å². The molecule has 0 aliphatic heterocycles. The molecule has 0 bridgehead atoms. The van der Waals surface area contributed by atoms with Crippen LogP contribution in [0.1, 0.15) is 20.8 Å². The number of nitrogens with zero attached hydrogens (tertiary/aromatic N) is 4. The SMILES string of the molecule is CCN(CC)c1ccc(-c2nnc(SCC(=O)Nc3cc(OC)ccc3OC)n2CC)cc1. The minimum Gasteiger partial charge on any atom is -0.497 e. The fourth-order valence-electron chi connectivity index (χ4n) is 3.53. The number of anilines is 2. The van der Waals surface area contributed by atoms with Gasteiger partial charge in [0.15, 0.2) is 11.0 Å². The van der Waals surface area contributed by atoms with Gasteiger partial charge in [0.1, 0.15) is 11.5 Å². The fraction of sp³-hybridized carbons (Fsp3) is 0.375. The van der Waals surface area contributed by atoms with Crippen molar-refractivity contribution in [3.8, 4) is 22.9 Å². The van der Waals surface area contributed by atoms with Gasteiger partial charge in [0.2, 0.25) is 5.91 Å². The number of carbonyl (C=O) groups excluding carboxylic acids is 1. The molecule has 3 rings (SSSR count). The number of ether oxygens (including phenoxy) is 2. The number of benzene rings is 2. The zero-order valence-electron chi connectivity index (χ0n) is 19.8. The van der Waals surface area contributed by atoms with Crippen molar-refractivity contribution in [2.75, 3.05) is 43.3 Å². The summed E-state index contributed by atoms with van der Waals surface area (Å²) in [5.74, 6) is 2.03. The van der Waals surface area contributed by atoms with E-state index in [4.69, 9.17) is 9.47 Å². The Morgan fingerprint density at radius 2 is 1.76 bits per heavy atom. The molecule has 0 spiro atoms. The molecule has 0 saturated carbocycles. The lowest BCUT2D eigenvalue weighted by atomic mass is 10.2. The van der Waals surface area contributed by atoms with Crippen LogP contribution in [0.25, 0.3) is 11.4 Å². The standard InChI is InChI=1S/C24H31N5O3S/c1-6-28(7-2)18-11-9-17(10-12-18)23-26-27-24(29(23)8-3)33-16-22(30)25-20-15-19(31-4)13-14-21(20)32-5/h9-15H,6-8,16H2,1-5H3,(H,25,30). The van der Waals surface area contributed by atoms with Gasteiger partial charge in [-0.2, -0.15) is 0 Å². The third-order valence-electron chi connectivity index (χ3n) is 5.30. The Labute approximate surface area is 199 Å². The lowest BCUT2D eigenvalue weighted by Crippen LogP contribution is -2.21. The molecule has 0 saturated heterocycles. The second-order valence-corrected chi connectivity index (χ2v) is 8.12. The first-order valence-electron chi connectivity index (χ1n) is 11.0. The Hall–Kier alpha value is -3.20. The topological polar surface area (TPSA) is 81.5 Å². The molecule has 0 fully saturated rings. The molecule has 0 atom stereocenters. The summed E-state index contributed by atoms with van der Waals surface area (Å²) >= 11 is 1.35. The maximum atomic E-state index is 12.6. The number of nitrogens with one attached hydrogen (secondary N) is 1. The molecule has 8 nitrogen and oxygen atoms in total. The molecule has 0 aliphatic rings. The van der Waals surface area contributed by atoms with Crippen LogP contribution in [0.2, 0.25) is 0 Å². The highest BCUT2D eigenvalue weighted by Gasteiger charge is 2.16. The van der Waals surface area contributed by atoms with Gasteiger partial charge in [-0.1, -0.05) is 11.8 Å². The van der Waals surface area contributed by atoms with Gasteiger partial charge in [0.05, 0.1) is 25.7 Å². The van der Waals surface area contributed by atoms with Gasteiger partial charge < -0.3 is 24.3 Å². The quantitative estimate of drug-likeness (QED) is 0.412. The molecule has 33 heavy (non-hydrogen) atoms. The molecule has 0 radical (unpaired) electrons. The minimum atomic E-state index is -0.165. The van der Waals surface area contributed by atoms with E-state index >= 15 is 0 Å². The Kier molecular flexibility index (Phi) is 8.59. The van der Waals surface area contributed by atoms with E-state index in [9.17, 15) is 4.79 Å². The first kappa shape index (κ1) is 24.4. The molecule has 2 aromatic carbocycles. The molecular formula is C24H31N5O3S. The molecule has 1 amide bonds. The molecule has 0 aliphatic carbocycles. The molecule has 9 heteroatoms. The van der Waals surface area contributed by atoms with Crippen LogP contribution in [-0.2, 0) is 11.3 Å². The largest absolute Gasteiger partial charge is 0.497 e. The number of rotatable bonds is 11. The summed E-state index contributed by atoms with van der Waals surface area (Å²) in [6.45, 7) is 8.97. The van der Waals surface area contributed by atoms with E-state index in [0.29, 0.717) is 28.9 Å². The van der Waals surface area contributed by atoms with Crippen molar-refractivity contribution in [1.29, 1.82) is 0 Å². The van der Waals surface area contributed by atoms with E-state index in [-0.39, 0.29) is 11.7 Å². The third kappa shape index (κ3) is 5.78. The molecule has 176 valence electrons. The van der Waals surface area contributed by atoms with Gasteiger partial charge in [-0.15, -0.1) is 10.2 Å². The van der Waals surface area contributed by atoms with Crippen LogP contribution in [0.5, 0.6) is 11.5 Å². The number of aromatic nitrogens is 3. The maximum absolute atomic E-state index is 12.6. The van der Waals surface area contributed by atoms with Crippen molar-refractivity contribution in [2.45, 2.75) is 32.5 Å². The van der Waals surface area contributed by atoms with E-state index in [1.54, 1.807) is 32.4 Å². The highest BCUT2D eigenvalue weighted by atomic mass is 32.2. The van der Waals surface area contributed by atoms with Gasteiger partial charge in [0.25, 0.3) is 0 Å². The maximum Gasteiger partial charge on any atom is 0.234 e. The zero-order valence-corrected chi connectivity index (χ0v) is 20.6. The monoisotopic (exact) mass is 469 g/mol. The predicted molar refractivity (Wildman–Crippen MR) is 134 cm³/mol. The Balaban J connectivity index is 1.70. The molecule has 0 unspecified atom stereocenters. The lowest BCUT2D eigenvalue weighted by molar-refractivity contribution is -0.113. The van der Waals surface area contributed by atoms with Crippen molar-refractivity contribution in [2.24, 2.45) is 0 Å². The third-order valence-corrected chi connectivity index (χ3v) is 6.27. The normalized spacial score (nSPS) is 10.7. The van der Waals surface area contributed by atoms with E-state index in [2.05, 4.69) is 58.5 Å². The van der Waals surface area contributed by atoms with Gasteiger partial charge in [-0.25, -0.2) is 0 Å². The van der Waals surface area contributed by atoms with Crippen LogP contribution in [-0.4, -0.2) is 53.7 Å². The Bertz CT molecular complexity index is 1060. The van der Waals surface area contributed by atoms with Crippen LogP contribution in [0, 0.1) is 0 Å². The number of hydrogen-bond acceptors (Lipinski definition) is 7. The summed E-state index contributed by atoms with van der Waals surface area (Å²) in [6.07, 6.45) is 0. The van der Waals surface area contributed by atoms with Crippen LogP contribution in [0.15, 0.2) is 47.6 Å². The number of methoxy groups -OCH3 is 2. The Morgan fingerprint density at radius 1 is 1.03 bits per heavy atom. The van der Waals surface area contributed by atoms with Crippen LogP contribution < -0.4 is 19.7 Å². The predicted octanol–water partition coefficient (Wildman–Crippen LogP) is 4.56. The number of carbonyl (C=O) groups is 1. The van der Waals surface area contributed by atoms with E-state index in [1.165, 1.54) is 17.4 Å². The number of amides is 1. The van der Waals surface area contributed by atoms with Crippen LogP contribution >= 0.6 is 11.8 Å². The average molecular weight is 470 g/mol. The van der Waals surface area contributed by atoms with E-state index in [0.717, 1.165) is 24.5 Å². The first-order chi connectivity index (χ1) is 16.0. The van der Waals surface area contributed by atoms with Crippen molar-refractivity contribution in [3.63, 3.8) is 0 Å². The van der Waals surface area contributed by atoms with E-state index < -0.39 is 0 Å². The first-order valence-corrected chi connectivity index (χ1v) is 12.0. The molecular weight excluding hydrogens is 438 g/mol. The zero-order chi connectivity index (χ0) is 23.8. The summed E-state index contributed by atoms with van der Waals surface area (Å²) in [4.78, 5) is 14.9. The number of thioether (sulfide) groups is 1. The second-order valence-electron chi connectivity index (χ2n) is 7.17. The molecule has 1 aromatic heterocycles. The highest BCUT2D eigenvalue weighted by molar-refractivity contribution is 7.99. The van der Waals surface area contributed by atoms with Crippen molar-refractivity contribution in [1.82, 2.24) is 14.8 Å². The van der Waals surface area contributed by atoms with Crippen LogP contribution in [0.3, 0.4) is 0 Å². The summed E-state index contributed by atoms with van der Waals surface area (Å²) in [5, 5.41) is 12.3. The van der Waals surface area contributed by atoms with E-state index in [1.807, 2.05) is 11.5 Å². The van der Waals surface area contributed by atoms with Crippen molar-refractivity contribution < 1.29 is 14.3 Å². The molecule has 1 N–H and O–H groups in total. The van der Waals surface area contributed by atoms with Crippen molar-refractivity contribution >= 4 is 29.0 Å². The van der Waals surface area contributed by atoms with Gasteiger partial charge >= 0.3 is 0 Å².